The number of benzene rings is 1. The Hall–Kier alpha value is -2.63. The topological polar surface area (TPSA) is 68.2 Å². The second-order valence-electron chi connectivity index (χ2n) is 6.49. The molecule has 0 bridgehead atoms. The SMILES string of the molecule is CCN(CC)c1ccc(C2C(C(=O)OC)=C(C)N=C(C)C2C(=O)OC)cc1. The van der Waals surface area contributed by atoms with Gasteiger partial charge in [0.15, 0.2) is 0 Å². The molecule has 0 spiro atoms. The lowest BCUT2D eigenvalue weighted by atomic mass is 9.75. The number of methoxy groups -OCH3 is 2. The van der Waals surface area contributed by atoms with Crippen LogP contribution in [0.4, 0.5) is 5.69 Å². The summed E-state index contributed by atoms with van der Waals surface area (Å²) in [6, 6.07) is 7.95. The predicted molar refractivity (Wildman–Crippen MR) is 106 cm³/mol. The number of esters is 2. The number of allylic oxidation sites excluding steroid dienone is 1. The normalized spacial score (nSPS) is 19.4. The van der Waals surface area contributed by atoms with Gasteiger partial charge in [0.2, 0.25) is 0 Å². The van der Waals surface area contributed by atoms with Gasteiger partial charge >= 0.3 is 11.9 Å². The van der Waals surface area contributed by atoms with E-state index >= 15 is 0 Å². The van der Waals surface area contributed by atoms with Crippen molar-refractivity contribution in [3.63, 3.8) is 0 Å². The van der Waals surface area contributed by atoms with E-state index in [2.05, 4.69) is 23.7 Å². The molecule has 0 N–H and O–H groups in total. The molecular formula is C21H28N2O4. The molecule has 2 rings (SSSR count). The van der Waals surface area contributed by atoms with Crippen LogP contribution >= 0.6 is 0 Å². The van der Waals surface area contributed by atoms with Crippen molar-refractivity contribution in [2.75, 3.05) is 32.2 Å². The second kappa shape index (κ2) is 8.84. The summed E-state index contributed by atoms with van der Waals surface area (Å²) in [6.07, 6.45) is 0. The third kappa shape index (κ3) is 4.04. The molecule has 0 saturated heterocycles. The molecule has 0 saturated carbocycles. The second-order valence-corrected chi connectivity index (χ2v) is 6.49. The lowest BCUT2D eigenvalue weighted by Crippen LogP contribution is -2.36. The number of anilines is 1. The first-order valence-electron chi connectivity index (χ1n) is 9.16. The molecule has 6 nitrogen and oxygen atoms in total. The Morgan fingerprint density at radius 3 is 2.11 bits per heavy atom. The van der Waals surface area contributed by atoms with Crippen LogP contribution in [0.15, 0.2) is 40.5 Å². The Bertz CT molecular complexity index is 761. The van der Waals surface area contributed by atoms with Gasteiger partial charge < -0.3 is 14.4 Å². The number of nitrogens with zero attached hydrogens (tertiary/aromatic N) is 2. The number of carbonyl (C=O) groups excluding carboxylic acids is 2. The van der Waals surface area contributed by atoms with Crippen molar-refractivity contribution in [3.05, 3.63) is 41.1 Å². The molecule has 0 aliphatic carbocycles. The maximum Gasteiger partial charge on any atom is 0.336 e. The third-order valence-corrected chi connectivity index (χ3v) is 5.07. The molecule has 27 heavy (non-hydrogen) atoms. The molecule has 1 aliphatic heterocycles. The van der Waals surface area contributed by atoms with Gasteiger partial charge in [-0.1, -0.05) is 12.1 Å². The average molecular weight is 372 g/mol. The highest BCUT2D eigenvalue weighted by atomic mass is 16.5. The van der Waals surface area contributed by atoms with Crippen molar-refractivity contribution >= 4 is 23.3 Å². The van der Waals surface area contributed by atoms with E-state index in [9.17, 15) is 9.59 Å². The van der Waals surface area contributed by atoms with Crippen LogP contribution in [0.2, 0.25) is 0 Å². The van der Waals surface area contributed by atoms with Crippen LogP contribution in [0.25, 0.3) is 0 Å². The van der Waals surface area contributed by atoms with Gasteiger partial charge in [-0.05, 0) is 45.4 Å². The van der Waals surface area contributed by atoms with Crippen molar-refractivity contribution in [1.29, 1.82) is 0 Å². The van der Waals surface area contributed by atoms with Gasteiger partial charge in [0.05, 0.1) is 19.8 Å². The van der Waals surface area contributed by atoms with Crippen LogP contribution in [0.3, 0.4) is 0 Å². The number of carbonyl (C=O) groups is 2. The third-order valence-electron chi connectivity index (χ3n) is 5.07. The first-order valence-corrected chi connectivity index (χ1v) is 9.16. The summed E-state index contributed by atoms with van der Waals surface area (Å²) in [5.41, 5.74) is 3.55. The molecule has 1 aromatic carbocycles. The summed E-state index contributed by atoms with van der Waals surface area (Å²) < 4.78 is 9.98. The maximum atomic E-state index is 12.5. The molecule has 0 aromatic heterocycles. The van der Waals surface area contributed by atoms with Crippen LogP contribution < -0.4 is 4.90 Å². The summed E-state index contributed by atoms with van der Waals surface area (Å²) in [5, 5.41) is 0. The summed E-state index contributed by atoms with van der Waals surface area (Å²) in [5.74, 6) is -2.04. The molecule has 0 fully saturated rings. The quantitative estimate of drug-likeness (QED) is 0.717. The van der Waals surface area contributed by atoms with Crippen LogP contribution in [0, 0.1) is 5.92 Å². The zero-order chi connectivity index (χ0) is 20.1. The Labute approximate surface area is 160 Å². The number of ether oxygens (including phenoxy) is 2. The van der Waals surface area contributed by atoms with Crippen molar-refractivity contribution in [3.8, 4) is 0 Å². The lowest BCUT2D eigenvalue weighted by Gasteiger charge is -2.31. The first-order chi connectivity index (χ1) is 12.9. The average Bonchev–Trinajstić information content (AvgIpc) is 2.68. The fourth-order valence-corrected chi connectivity index (χ4v) is 3.69. The lowest BCUT2D eigenvalue weighted by molar-refractivity contribution is -0.143. The van der Waals surface area contributed by atoms with Gasteiger partial charge in [-0.25, -0.2) is 4.79 Å². The van der Waals surface area contributed by atoms with Gasteiger partial charge in [-0.15, -0.1) is 0 Å². The van der Waals surface area contributed by atoms with Crippen LogP contribution in [0.1, 0.15) is 39.2 Å². The van der Waals surface area contributed by atoms with Gasteiger partial charge in [0.25, 0.3) is 0 Å². The van der Waals surface area contributed by atoms with Crippen molar-refractivity contribution in [2.24, 2.45) is 10.9 Å². The van der Waals surface area contributed by atoms with Crippen LogP contribution in [-0.4, -0.2) is 45.0 Å². The highest BCUT2D eigenvalue weighted by molar-refractivity contribution is 6.06. The van der Waals surface area contributed by atoms with Crippen molar-refractivity contribution < 1.29 is 19.1 Å². The summed E-state index contributed by atoms with van der Waals surface area (Å²) in [7, 11) is 2.68. The smallest absolute Gasteiger partial charge is 0.336 e. The minimum Gasteiger partial charge on any atom is -0.468 e. The highest BCUT2D eigenvalue weighted by Gasteiger charge is 2.42. The summed E-state index contributed by atoms with van der Waals surface area (Å²) in [6.45, 7) is 9.57. The van der Waals surface area contributed by atoms with Gasteiger partial charge in [0.1, 0.15) is 5.92 Å². The van der Waals surface area contributed by atoms with Crippen LogP contribution in [-0.2, 0) is 19.1 Å². The molecule has 146 valence electrons. The minimum atomic E-state index is -0.660. The van der Waals surface area contributed by atoms with E-state index in [1.807, 2.05) is 24.3 Å². The van der Waals surface area contributed by atoms with E-state index in [0.29, 0.717) is 17.0 Å². The Balaban J connectivity index is 2.57. The van der Waals surface area contributed by atoms with Gasteiger partial charge in [-0.3, -0.25) is 9.79 Å². The summed E-state index contributed by atoms with van der Waals surface area (Å²) in [4.78, 5) is 31.6. The van der Waals surface area contributed by atoms with E-state index in [0.717, 1.165) is 24.3 Å². The van der Waals surface area contributed by atoms with Crippen molar-refractivity contribution in [2.45, 2.75) is 33.6 Å². The fourth-order valence-electron chi connectivity index (χ4n) is 3.69. The maximum absolute atomic E-state index is 12.5. The number of rotatable bonds is 6. The number of hydrogen-bond donors (Lipinski definition) is 0. The molecule has 1 aliphatic rings. The number of aliphatic imine (C=N–C) groups is 1. The zero-order valence-corrected chi connectivity index (χ0v) is 16.9. The zero-order valence-electron chi connectivity index (χ0n) is 16.9. The monoisotopic (exact) mass is 372 g/mol. The Morgan fingerprint density at radius 2 is 1.63 bits per heavy atom. The van der Waals surface area contributed by atoms with Crippen LogP contribution in [0.5, 0.6) is 0 Å². The predicted octanol–water partition coefficient (Wildman–Crippen LogP) is 3.33. The fraction of sp³-hybridized carbons (Fsp3) is 0.476. The molecule has 6 heteroatoms. The molecule has 2 unspecified atom stereocenters. The van der Waals surface area contributed by atoms with Gasteiger partial charge in [0, 0.05) is 36.1 Å². The first kappa shape index (κ1) is 20.7. The summed E-state index contributed by atoms with van der Waals surface area (Å²) >= 11 is 0. The van der Waals surface area contributed by atoms with Gasteiger partial charge in [-0.2, -0.15) is 0 Å². The van der Waals surface area contributed by atoms with E-state index in [1.165, 1.54) is 14.2 Å². The Morgan fingerprint density at radius 1 is 1.04 bits per heavy atom. The molecule has 0 amide bonds. The minimum absolute atomic E-state index is 0.397. The molecular weight excluding hydrogens is 344 g/mol. The van der Waals surface area contributed by atoms with E-state index in [-0.39, 0.29) is 0 Å². The Kier molecular flexibility index (Phi) is 6.77. The molecule has 2 atom stereocenters. The molecule has 0 radical (unpaired) electrons. The van der Waals surface area contributed by atoms with E-state index in [4.69, 9.17) is 9.47 Å². The molecule has 1 aromatic rings. The largest absolute Gasteiger partial charge is 0.468 e. The highest BCUT2D eigenvalue weighted by Crippen LogP contribution is 2.40. The number of hydrogen-bond acceptors (Lipinski definition) is 6. The standard InChI is InChI=1S/C21H28N2O4/c1-7-23(8-2)16-11-9-15(10-12-16)19-17(20(24)26-5)13(3)22-14(4)18(19)21(25)27-6/h9-12,17,19H,7-8H2,1-6H3. The van der Waals surface area contributed by atoms with Crippen molar-refractivity contribution in [1.82, 2.24) is 0 Å². The van der Waals surface area contributed by atoms with E-state index in [1.54, 1.807) is 13.8 Å². The molecule has 1 heterocycles. The van der Waals surface area contributed by atoms with E-state index < -0.39 is 23.8 Å².